The van der Waals surface area contributed by atoms with Gasteiger partial charge in [0.1, 0.15) is 17.5 Å². The van der Waals surface area contributed by atoms with Crippen LogP contribution in [0.2, 0.25) is 0 Å². The molecule has 0 fully saturated rings. The van der Waals surface area contributed by atoms with E-state index in [-0.39, 0.29) is 23.8 Å². The Morgan fingerprint density at radius 2 is 1.87 bits per heavy atom. The predicted molar refractivity (Wildman–Crippen MR) is 106 cm³/mol. The molecule has 0 saturated carbocycles. The van der Waals surface area contributed by atoms with Gasteiger partial charge < -0.3 is 14.6 Å². The van der Waals surface area contributed by atoms with Gasteiger partial charge in [-0.3, -0.25) is 25.7 Å². The largest absolute Gasteiger partial charge is 0.508 e. The van der Waals surface area contributed by atoms with E-state index >= 15 is 0 Å². The van der Waals surface area contributed by atoms with Crippen LogP contribution in [0.4, 0.5) is 17.1 Å². The molecule has 158 valence electrons. The van der Waals surface area contributed by atoms with Crippen LogP contribution in [0.5, 0.6) is 11.5 Å². The third-order valence-electron chi connectivity index (χ3n) is 3.73. The van der Waals surface area contributed by atoms with Crippen molar-refractivity contribution < 1.29 is 29.2 Å². The highest BCUT2D eigenvalue weighted by atomic mass is 16.6. The van der Waals surface area contributed by atoms with E-state index < -0.39 is 33.8 Å². The summed E-state index contributed by atoms with van der Waals surface area (Å²) < 4.78 is 9.83. The number of hydrogen-bond donors (Lipinski definition) is 2. The molecule has 12 heteroatoms. The number of hydrogen-bond acceptors (Lipinski definition) is 10. The Hall–Kier alpha value is -4.22. The fourth-order valence-corrected chi connectivity index (χ4v) is 2.34. The quantitative estimate of drug-likeness (QED) is 0.269. The number of phenols is 1. The molecule has 0 aliphatic rings. The molecule has 0 radical (unpaired) electrons. The summed E-state index contributed by atoms with van der Waals surface area (Å²) in [5, 5.41) is 36.2. The molecule has 2 aromatic rings. The van der Waals surface area contributed by atoms with Crippen molar-refractivity contribution in [1.82, 2.24) is 0 Å². The zero-order valence-corrected chi connectivity index (χ0v) is 16.0. The number of ether oxygens (including phenoxy) is 2. The predicted octanol–water partition coefficient (Wildman–Crippen LogP) is 2.99. The Bertz CT molecular complexity index is 1010. The van der Waals surface area contributed by atoms with Gasteiger partial charge in [0.2, 0.25) is 0 Å². The lowest BCUT2D eigenvalue weighted by Gasteiger charge is -2.09. The van der Waals surface area contributed by atoms with Crippen LogP contribution in [0, 0.1) is 20.2 Å². The van der Waals surface area contributed by atoms with Gasteiger partial charge in [-0.2, -0.15) is 5.10 Å². The standard InChI is InChI=1S/C18H18N4O8/c1-3-29-18(24)10-30-17-8-14(15(21(25)26)9-16(17)22(27)28)20-19-11(2)12-5-4-6-13(23)7-12/h4-9,20,23H,3,10H2,1-2H3/b19-11-. The van der Waals surface area contributed by atoms with Gasteiger partial charge in [0.05, 0.1) is 22.2 Å². The van der Waals surface area contributed by atoms with Crippen LogP contribution in [-0.4, -0.2) is 39.8 Å². The average molecular weight is 418 g/mol. The van der Waals surface area contributed by atoms with E-state index in [4.69, 9.17) is 9.47 Å². The van der Waals surface area contributed by atoms with Crippen molar-refractivity contribution in [3.8, 4) is 11.5 Å². The lowest BCUT2D eigenvalue weighted by Crippen LogP contribution is -2.15. The maximum atomic E-state index is 11.5. The highest BCUT2D eigenvalue weighted by molar-refractivity contribution is 5.99. The van der Waals surface area contributed by atoms with Crippen LogP contribution in [0.1, 0.15) is 19.4 Å². The summed E-state index contributed by atoms with van der Waals surface area (Å²) >= 11 is 0. The van der Waals surface area contributed by atoms with E-state index in [1.807, 2.05) is 0 Å². The number of nitrogens with one attached hydrogen (secondary N) is 1. The van der Waals surface area contributed by atoms with Gasteiger partial charge in [-0.1, -0.05) is 12.1 Å². The van der Waals surface area contributed by atoms with Crippen molar-refractivity contribution in [2.45, 2.75) is 13.8 Å². The number of nitrogens with zero attached hydrogens (tertiary/aromatic N) is 3. The van der Waals surface area contributed by atoms with Gasteiger partial charge in [0, 0.05) is 11.6 Å². The first kappa shape index (κ1) is 22.1. The van der Waals surface area contributed by atoms with Crippen molar-refractivity contribution in [2.75, 3.05) is 18.6 Å². The fourth-order valence-electron chi connectivity index (χ4n) is 2.34. The Morgan fingerprint density at radius 1 is 1.17 bits per heavy atom. The van der Waals surface area contributed by atoms with Gasteiger partial charge in [0.25, 0.3) is 0 Å². The molecule has 0 spiro atoms. The number of hydrazone groups is 1. The molecule has 0 bridgehead atoms. The number of nitro groups is 2. The highest BCUT2D eigenvalue weighted by Gasteiger charge is 2.26. The van der Waals surface area contributed by atoms with E-state index in [1.54, 1.807) is 26.0 Å². The molecule has 30 heavy (non-hydrogen) atoms. The number of benzene rings is 2. The molecule has 0 aliphatic carbocycles. The maximum Gasteiger partial charge on any atom is 0.344 e. The summed E-state index contributed by atoms with van der Waals surface area (Å²) in [6.45, 7) is 2.66. The van der Waals surface area contributed by atoms with Gasteiger partial charge >= 0.3 is 17.3 Å². The monoisotopic (exact) mass is 418 g/mol. The van der Waals surface area contributed by atoms with E-state index in [0.717, 1.165) is 6.07 Å². The molecule has 0 aromatic heterocycles. The van der Waals surface area contributed by atoms with Crippen LogP contribution in [0.15, 0.2) is 41.5 Å². The van der Waals surface area contributed by atoms with Crippen LogP contribution in [0.3, 0.4) is 0 Å². The second kappa shape index (κ2) is 9.82. The Kier molecular flexibility index (Phi) is 7.22. The van der Waals surface area contributed by atoms with E-state index in [1.165, 1.54) is 12.1 Å². The minimum absolute atomic E-state index is 0.0121. The number of nitro benzene ring substituents is 2. The van der Waals surface area contributed by atoms with Gasteiger partial charge in [-0.25, -0.2) is 4.79 Å². The molecule has 0 saturated heterocycles. The molecule has 0 heterocycles. The second-order valence-electron chi connectivity index (χ2n) is 5.80. The number of carbonyl (C=O) groups excluding carboxylic acids is 1. The molecule has 2 rings (SSSR count). The van der Waals surface area contributed by atoms with Gasteiger partial charge in [-0.05, 0) is 26.0 Å². The topological polar surface area (TPSA) is 166 Å². The van der Waals surface area contributed by atoms with Crippen molar-refractivity contribution in [3.05, 3.63) is 62.2 Å². The lowest BCUT2D eigenvalue weighted by molar-refractivity contribution is -0.394. The molecule has 0 unspecified atom stereocenters. The van der Waals surface area contributed by atoms with Crippen LogP contribution in [-0.2, 0) is 9.53 Å². The molecule has 2 aromatic carbocycles. The second-order valence-corrected chi connectivity index (χ2v) is 5.80. The Morgan fingerprint density at radius 3 is 2.47 bits per heavy atom. The number of carbonyl (C=O) groups is 1. The number of anilines is 1. The Balaban J connectivity index is 2.39. The summed E-state index contributed by atoms with van der Waals surface area (Å²) in [7, 11) is 0. The normalized spacial score (nSPS) is 10.9. The van der Waals surface area contributed by atoms with E-state index in [9.17, 15) is 30.1 Å². The SMILES string of the molecule is CCOC(=O)COc1cc(N/N=C(/C)c2cccc(O)c2)c([N+](=O)[O-])cc1[N+](=O)[O-]. The number of rotatable bonds is 9. The summed E-state index contributed by atoms with van der Waals surface area (Å²) in [5.41, 5.74) is 1.91. The van der Waals surface area contributed by atoms with Gasteiger partial charge in [0.15, 0.2) is 12.4 Å². The van der Waals surface area contributed by atoms with Gasteiger partial charge in [-0.15, -0.1) is 0 Å². The molecular weight excluding hydrogens is 400 g/mol. The zero-order chi connectivity index (χ0) is 22.3. The summed E-state index contributed by atoms with van der Waals surface area (Å²) in [4.78, 5) is 32.4. The van der Waals surface area contributed by atoms with Crippen molar-refractivity contribution in [2.24, 2.45) is 5.10 Å². The molecule has 0 aliphatic heterocycles. The molecule has 12 nitrogen and oxygen atoms in total. The number of aromatic hydroxyl groups is 1. The number of esters is 1. The van der Waals surface area contributed by atoms with Crippen LogP contribution < -0.4 is 10.2 Å². The minimum Gasteiger partial charge on any atom is -0.508 e. The highest BCUT2D eigenvalue weighted by Crippen LogP contribution is 2.37. The molecule has 2 N–H and O–H groups in total. The summed E-state index contributed by atoms with van der Waals surface area (Å²) in [6.07, 6.45) is 0. The van der Waals surface area contributed by atoms with Crippen LogP contribution >= 0.6 is 0 Å². The summed E-state index contributed by atoms with van der Waals surface area (Å²) in [6, 6.07) is 7.89. The Labute approximate surface area is 170 Å². The van der Waals surface area contributed by atoms with Crippen molar-refractivity contribution in [1.29, 1.82) is 0 Å². The first-order valence-corrected chi connectivity index (χ1v) is 8.57. The first-order valence-electron chi connectivity index (χ1n) is 8.57. The third-order valence-corrected chi connectivity index (χ3v) is 3.73. The van der Waals surface area contributed by atoms with Crippen molar-refractivity contribution >= 4 is 28.7 Å². The first-order chi connectivity index (χ1) is 14.2. The molecule has 0 atom stereocenters. The third kappa shape index (κ3) is 5.64. The number of phenolic OH excluding ortho intramolecular Hbond substituents is 1. The zero-order valence-electron chi connectivity index (χ0n) is 16.0. The maximum absolute atomic E-state index is 11.5. The summed E-state index contributed by atoms with van der Waals surface area (Å²) in [5.74, 6) is -1.11. The minimum atomic E-state index is -0.863. The van der Waals surface area contributed by atoms with Crippen molar-refractivity contribution in [3.63, 3.8) is 0 Å². The van der Waals surface area contributed by atoms with E-state index in [2.05, 4.69) is 10.5 Å². The lowest BCUT2D eigenvalue weighted by atomic mass is 10.1. The smallest absolute Gasteiger partial charge is 0.344 e. The fraction of sp³-hybridized carbons (Fsp3) is 0.222. The molecular formula is C18H18N4O8. The van der Waals surface area contributed by atoms with E-state index in [0.29, 0.717) is 17.3 Å². The van der Waals surface area contributed by atoms with Crippen LogP contribution in [0.25, 0.3) is 0 Å². The average Bonchev–Trinajstić information content (AvgIpc) is 2.70. The molecule has 0 amide bonds.